The molecule has 0 fully saturated rings. The number of carbonyl (C=O) groups is 2. The maximum absolute atomic E-state index is 12.4. The van der Waals surface area contributed by atoms with E-state index in [1.54, 1.807) is 39.5 Å². The van der Waals surface area contributed by atoms with E-state index in [-0.39, 0.29) is 6.61 Å². The molecule has 0 bridgehead atoms. The molecule has 22 heavy (non-hydrogen) atoms. The summed E-state index contributed by atoms with van der Waals surface area (Å²) in [7, 11) is 0. The van der Waals surface area contributed by atoms with Gasteiger partial charge in [-0.15, -0.1) is 11.6 Å². The van der Waals surface area contributed by atoms with Crippen LogP contribution in [0.1, 0.15) is 40.5 Å². The van der Waals surface area contributed by atoms with Gasteiger partial charge in [0.2, 0.25) is 0 Å². The molecule has 0 unspecified atom stereocenters. The van der Waals surface area contributed by atoms with Crippen molar-refractivity contribution in [2.75, 3.05) is 31.0 Å². The lowest BCUT2D eigenvalue weighted by Gasteiger charge is -2.32. The third-order valence-corrected chi connectivity index (χ3v) is 3.60. The lowest BCUT2D eigenvalue weighted by atomic mass is 10.2. The van der Waals surface area contributed by atoms with Crippen molar-refractivity contribution in [1.82, 2.24) is 4.90 Å². The number of hydrogen-bond acceptors (Lipinski definition) is 5. The number of nitrogens with zero attached hydrogens (tertiary/aromatic N) is 1. The van der Waals surface area contributed by atoms with E-state index in [4.69, 9.17) is 21.1 Å². The zero-order valence-corrected chi connectivity index (χ0v) is 15.8. The second-order valence-corrected chi connectivity index (χ2v) is 7.13. The van der Waals surface area contributed by atoms with Crippen LogP contribution in [0.25, 0.3) is 0 Å². The minimum Gasteiger partial charge on any atom is -0.464 e. The summed E-state index contributed by atoms with van der Waals surface area (Å²) in [6.07, 6.45) is 2.58. The van der Waals surface area contributed by atoms with Gasteiger partial charge in [-0.1, -0.05) is 0 Å². The van der Waals surface area contributed by atoms with Crippen LogP contribution in [0.4, 0.5) is 4.79 Å². The molecule has 0 saturated carbocycles. The average Bonchev–Trinajstić information content (AvgIpc) is 2.40. The van der Waals surface area contributed by atoms with Gasteiger partial charge in [-0.05, 0) is 52.5 Å². The van der Waals surface area contributed by atoms with Crippen LogP contribution in [0.15, 0.2) is 0 Å². The van der Waals surface area contributed by atoms with Gasteiger partial charge in [-0.25, -0.2) is 9.59 Å². The molecule has 0 aromatic rings. The molecule has 0 aromatic carbocycles. The van der Waals surface area contributed by atoms with Crippen LogP contribution in [-0.2, 0) is 14.3 Å². The number of amides is 1. The number of rotatable bonds is 9. The molecular formula is C15H28ClNO4S. The normalized spacial score (nSPS) is 12.6. The van der Waals surface area contributed by atoms with E-state index in [1.807, 2.05) is 6.26 Å². The summed E-state index contributed by atoms with van der Waals surface area (Å²) in [5, 5.41) is 0. The predicted octanol–water partition coefficient (Wildman–Crippen LogP) is 3.54. The Morgan fingerprint density at radius 2 is 1.95 bits per heavy atom. The van der Waals surface area contributed by atoms with Crippen LogP contribution in [-0.4, -0.2) is 59.6 Å². The van der Waals surface area contributed by atoms with Crippen molar-refractivity contribution in [3.05, 3.63) is 0 Å². The number of alkyl halides is 1. The van der Waals surface area contributed by atoms with E-state index in [0.29, 0.717) is 25.3 Å². The molecule has 1 atom stereocenters. The highest BCUT2D eigenvalue weighted by Gasteiger charge is 2.33. The van der Waals surface area contributed by atoms with Crippen molar-refractivity contribution >= 4 is 35.4 Å². The minimum absolute atomic E-state index is 0.284. The molecule has 130 valence electrons. The maximum atomic E-state index is 12.4. The van der Waals surface area contributed by atoms with Crippen molar-refractivity contribution in [1.29, 1.82) is 0 Å². The second-order valence-electron chi connectivity index (χ2n) is 5.77. The van der Waals surface area contributed by atoms with Crippen molar-refractivity contribution in [2.45, 2.75) is 52.2 Å². The Morgan fingerprint density at radius 1 is 1.32 bits per heavy atom. The predicted molar refractivity (Wildman–Crippen MR) is 91.7 cm³/mol. The van der Waals surface area contributed by atoms with Gasteiger partial charge in [0.25, 0.3) is 0 Å². The molecule has 0 aliphatic carbocycles. The van der Waals surface area contributed by atoms with E-state index in [9.17, 15) is 9.59 Å². The maximum Gasteiger partial charge on any atom is 0.411 e. The molecule has 0 rings (SSSR count). The summed E-state index contributed by atoms with van der Waals surface area (Å²) in [5.74, 6) is 0.776. The van der Waals surface area contributed by atoms with Gasteiger partial charge in [0, 0.05) is 12.4 Å². The first-order valence-corrected chi connectivity index (χ1v) is 9.40. The SMILES string of the molecule is CCOC(=O)[C@H](CCSC)N(CCCCl)C(=O)OC(C)(C)C. The van der Waals surface area contributed by atoms with Gasteiger partial charge in [0.05, 0.1) is 6.61 Å². The zero-order chi connectivity index (χ0) is 17.2. The molecular weight excluding hydrogens is 326 g/mol. The summed E-state index contributed by atoms with van der Waals surface area (Å²) in [4.78, 5) is 26.1. The standard InChI is InChI=1S/C15H28ClNO4S/c1-6-20-13(18)12(8-11-22-5)17(10-7-9-16)14(19)21-15(2,3)4/h12H,6-11H2,1-5H3/t12-/m0/s1. The van der Waals surface area contributed by atoms with E-state index in [0.717, 1.165) is 5.75 Å². The van der Waals surface area contributed by atoms with Crippen LogP contribution in [0, 0.1) is 0 Å². The first-order chi connectivity index (χ1) is 10.3. The van der Waals surface area contributed by atoms with Crippen LogP contribution < -0.4 is 0 Å². The van der Waals surface area contributed by atoms with Crippen molar-refractivity contribution in [3.8, 4) is 0 Å². The first-order valence-electron chi connectivity index (χ1n) is 7.48. The molecule has 0 heterocycles. The summed E-state index contributed by atoms with van der Waals surface area (Å²) < 4.78 is 10.5. The Kier molecular flexibility index (Phi) is 10.7. The Morgan fingerprint density at radius 3 is 2.41 bits per heavy atom. The monoisotopic (exact) mass is 353 g/mol. The first kappa shape index (κ1) is 21.4. The summed E-state index contributed by atoms with van der Waals surface area (Å²) in [5.41, 5.74) is -0.616. The van der Waals surface area contributed by atoms with Gasteiger partial charge in [-0.2, -0.15) is 11.8 Å². The number of ether oxygens (including phenoxy) is 2. The van der Waals surface area contributed by atoms with Crippen LogP contribution >= 0.6 is 23.4 Å². The fourth-order valence-electron chi connectivity index (χ4n) is 1.79. The van der Waals surface area contributed by atoms with Crippen LogP contribution in [0.5, 0.6) is 0 Å². The Hall–Kier alpha value is -0.620. The van der Waals surface area contributed by atoms with Crippen LogP contribution in [0.2, 0.25) is 0 Å². The fraction of sp³-hybridized carbons (Fsp3) is 0.867. The Balaban J connectivity index is 5.16. The molecule has 0 aliphatic heterocycles. The molecule has 5 nitrogen and oxygen atoms in total. The summed E-state index contributed by atoms with van der Waals surface area (Å²) >= 11 is 7.35. The number of thioether (sulfide) groups is 1. The topological polar surface area (TPSA) is 55.8 Å². The molecule has 0 saturated heterocycles. The Bertz CT molecular complexity index is 347. The van der Waals surface area contributed by atoms with Crippen molar-refractivity contribution in [3.63, 3.8) is 0 Å². The molecule has 0 aromatic heterocycles. The molecule has 0 N–H and O–H groups in total. The number of halogens is 1. The Labute approximate surface area is 143 Å². The van der Waals surface area contributed by atoms with Gasteiger partial charge in [0.1, 0.15) is 11.6 Å². The molecule has 1 amide bonds. The van der Waals surface area contributed by atoms with Crippen LogP contribution in [0.3, 0.4) is 0 Å². The third-order valence-electron chi connectivity index (χ3n) is 2.69. The number of hydrogen-bond donors (Lipinski definition) is 0. The minimum atomic E-state index is -0.634. The molecule has 0 aliphatic rings. The van der Waals surface area contributed by atoms with Crippen molar-refractivity contribution in [2.24, 2.45) is 0 Å². The van der Waals surface area contributed by atoms with Gasteiger partial charge in [0.15, 0.2) is 0 Å². The average molecular weight is 354 g/mol. The number of carbonyl (C=O) groups excluding carboxylic acids is 2. The highest BCUT2D eigenvalue weighted by Crippen LogP contribution is 2.17. The molecule has 7 heteroatoms. The second kappa shape index (κ2) is 11.0. The summed E-state index contributed by atoms with van der Waals surface area (Å²) in [6, 6.07) is -0.634. The van der Waals surface area contributed by atoms with E-state index < -0.39 is 23.7 Å². The number of esters is 1. The fourth-order valence-corrected chi connectivity index (χ4v) is 2.37. The van der Waals surface area contributed by atoms with E-state index in [1.165, 1.54) is 4.90 Å². The van der Waals surface area contributed by atoms with E-state index >= 15 is 0 Å². The van der Waals surface area contributed by atoms with Gasteiger partial charge < -0.3 is 9.47 Å². The lowest BCUT2D eigenvalue weighted by molar-refractivity contribution is -0.149. The summed E-state index contributed by atoms with van der Waals surface area (Å²) in [6.45, 7) is 7.80. The quantitative estimate of drug-likeness (QED) is 0.468. The highest BCUT2D eigenvalue weighted by atomic mass is 35.5. The van der Waals surface area contributed by atoms with E-state index in [2.05, 4.69) is 0 Å². The smallest absolute Gasteiger partial charge is 0.411 e. The lowest BCUT2D eigenvalue weighted by Crippen LogP contribution is -2.48. The third kappa shape index (κ3) is 8.73. The van der Waals surface area contributed by atoms with Crippen molar-refractivity contribution < 1.29 is 19.1 Å². The molecule has 0 radical (unpaired) electrons. The zero-order valence-electron chi connectivity index (χ0n) is 14.2. The largest absolute Gasteiger partial charge is 0.464 e. The molecule has 0 spiro atoms. The van der Waals surface area contributed by atoms with Gasteiger partial charge in [-0.3, -0.25) is 4.90 Å². The van der Waals surface area contributed by atoms with Gasteiger partial charge >= 0.3 is 12.1 Å². The highest BCUT2D eigenvalue weighted by molar-refractivity contribution is 7.98.